The van der Waals surface area contributed by atoms with E-state index in [-0.39, 0.29) is 12.5 Å². The molecule has 0 saturated carbocycles. The molecule has 1 amide bonds. The van der Waals surface area contributed by atoms with Crippen LogP contribution in [0.4, 0.5) is 0 Å². The first-order valence-electron chi connectivity index (χ1n) is 5.80. The summed E-state index contributed by atoms with van der Waals surface area (Å²) in [6.45, 7) is 3.96. The van der Waals surface area contributed by atoms with E-state index in [2.05, 4.69) is 10.6 Å². The van der Waals surface area contributed by atoms with E-state index in [0.29, 0.717) is 19.7 Å². The minimum atomic E-state index is -0.0377. The maximum absolute atomic E-state index is 11.3. The first-order chi connectivity index (χ1) is 8.26. The molecular formula is C12H20N2O3. The van der Waals surface area contributed by atoms with E-state index in [1.807, 2.05) is 19.1 Å². The van der Waals surface area contributed by atoms with E-state index >= 15 is 0 Å². The molecule has 0 radical (unpaired) electrons. The molecule has 2 N–H and O–H groups in total. The third-order valence-electron chi connectivity index (χ3n) is 2.28. The van der Waals surface area contributed by atoms with Gasteiger partial charge in [0.15, 0.2) is 0 Å². The minimum absolute atomic E-state index is 0.0377. The molecule has 0 fully saturated rings. The van der Waals surface area contributed by atoms with Gasteiger partial charge in [-0.2, -0.15) is 0 Å². The fraction of sp³-hybridized carbons (Fsp3) is 0.583. The molecule has 0 spiro atoms. The van der Waals surface area contributed by atoms with Gasteiger partial charge < -0.3 is 19.8 Å². The van der Waals surface area contributed by atoms with Gasteiger partial charge in [0.25, 0.3) is 0 Å². The summed E-state index contributed by atoms with van der Waals surface area (Å²) in [6.07, 6.45) is 0.886. The van der Waals surface area contributed by atoms with Crippen LogP contribution < -0.4 is 10.6 Å². The van der Waals surface area contributed by atoms with Crippen molar-refractivity contribution in [3.05, 3.63) is 23.7 Å². The molecule has 0 aromatic carbocycles. The molecule has 1 heterocycles. The van der Waals surface area contributed by atoms with Crippen LogP contribution in [0, 0.1) is 0 Å². The Labute approximate surface area is 102 Å². The minimum Gasteiger partial charge on any atom is -0.465 e. The number of rotatable bonds is 8. The summed E-state index contributed by atoms with van der Waals surface area (Å²) in [5.74, 6) is 1.78. The number of aryl methyl sites for hydroxylation is 1. The smallest absolute Gasteiger partial charge is 0.234 e. The fourth-order valence-corrected chi connectivity index (χ4v) is 1.36. The van der Waals surface area contributed by atoms with Crippen molar-refractivity contribution < 1.29 is 13.9 Å². The molecule has 0 aliphatic carbocycles. The molecule has 0 unspecified atom stereocenters. The lowest BCUT2D eigenvalue weighted by Gasteiger charge is -2.04. The highest BCUT2D eigenvalue weighted by atomic mass is 16.5. The van der Waals surface area contributed by atoms with Crippen molar-refractivity contribution in [1.82, 2.24) is 10.6 Å². The monoisotopic (exact) mass is 240 g/mol. The fourth-order valence-electron chi connectivity index (χ4n) is 1.36. The molecule has 1 rings (SSSR count). The number of hydrogen-bond acceptors (Lipinski definition) is 4. The molecule has 17 heavy (non-hydrogen) atoms. The Morgan fingerprint density at radius 3 is 2.82 bits per heavy atom. The van der Waals surface area contributed by atoms with E-state index in [1.165, 1.54) is 0 Å². The number of amides is 1. The van der Waals surface area contributed by atoms with Crippen LogP contribution in [0.25, 0.3) is 0 Å². The summed E-state index contributed by atoms with van der Waals surface area (Å²) < 4.78 is 10.3. The Bertz CT molecular complexity index is 336. The molecule has 0 saturated heterocycles. The number of furan rings is 1. The molecule has 96 valence electrons. The van der Waals surface area contributed by atoms with Gasteiger partial charge in [-0.15, -0.1) is 0 Å². The third kappa shape index (κ3) is 5.51. The molecule has 0 aliphatic rings. The number of carbonyl (C=O) groups excluding carboxylic acids is 1. The average molecular weight is 240 g/mol. The summed E-state index contributed by atoms with van der Waals surface area (Å²) >= 11 is 0. The number of ether oxygens (including phenoxy) is 1. The van der Waals surface area contributed by atoms with Crippen LogP contribution in [0.3, 0.4) is 0 Å². The van der Waals surface area contributed by atoms with Crippen molar-refractivity contribution in [2.24, 2.45) is 0 Å². The van der Waals surface area contributed by atoms with Gasteiger partial charge in [0.1, 0.15) is 11.5 Å². The average Bonchev–Trinajstić information content (AvgIpc) is 2.77. The second kappa shape index (κ2) is 7.86. The van der Waals surface area contributed by atoms with Crippen molar-refractivity contribution in [3.8, 4) is 0 Å². The van der Waals surface area contributed by atoms with Crippen molar-refractivity contribution in [3.63, 3.8) is 0 Å². The van der Waals surface area contributed by atoms with Crippen LogP contribution in [0.5, 0.6) is 0 Å². The lowest BCUT2D eigenvalue weighted by atomic mass is 10.3. The van der Waals surface area contributed by atoms with Gasteiger partial charge in [0.2, 0.25) is 5.91 Å². The lowest BCUT2D eigenvalue weighted by molar-refractivity contribution is -0.120. The predicted octanol–water partition coefficient (Wildman–Crippen LogP) is 0.694. The number of nitrogens with one attached hydrogen (secondary N) is 2. The Morgan fingerprint density at radius 2 is 2.18 bits per heavy atom. The van der Waals surface area contributed by atoms with Crippen LogP contribution >= 0.6 is 0 Å². The van der Waals surface area contributed by atoms with Crippen molar-refractivity contribution in [1.29, 1.82) is 0 Å². The van der Waals surface area contributed by atoms with Crippen molar-refractivity contribution in [2.75, 3.05) is 26.8 Å². The van der Waals surface area contributed by atoms with E-state index < -0.39 is 0 Å². The first kappa shape index (κ1) is 13.7. The molecular weight excluding hydrogens is 220 g/mol. The third-order valence-corrected chi connectivity index (χ3v) is 2.28. The van der Waals surface area contributed by atoms with E-state index in [1.54, 1.807) is 7.11 Å². The molecule has 1 aromatic rings. The molecule has 0 aliphatic heterocycles. The molecule has 5 nitrogen and oxygen atoms in total. The number of carbonyl (C=O) groups is 1. The Hall–Kier alpha value is -1.33. The van der Waals surface area contributed by atoms with Crippen LogP contribution in [0.2, 0.25) is 0 Å². The van der Waals surface area contributed by atoms with E-state index in [0.717, 1.165) is 17.9 Å². The highest BCUT2D eigenvalue weighted by Crippen LogP contribution is 2.07. The second-order valence-electron chi connectivity index (χ2n) is 3.67. The normalized spacial score (nSPS) is 10.5. The summed E-state index contributed by atoms with van der Waals surface area (Å²) in [5.41, 5.74) is 0. The van der Waals surface area contributed by atoms with Crippen LogP contribution in [0.15, 0.2) is 16.5 Å². The summed E-state index contributed by atoms with van der Waals surface area (Å²) in [7, 11) is 1.60. The standard InChI is InChI=1S/C12H20N2O3/c1-3-10-4-5-11(17-10)8-13-9-12(15)14-6-7-16-2/h4-5,13H,3,6-9H2,1-2H3,(H,14,15). The van der Waals surface area contributed by atoms with Crippen molar-refractivity contribution in [2.45, 2.75) is 19.9 Å². The summed E-state index contributed by atoms with van der Waals surface area (Å²) in [5, 5.41) is 5.75. The van der Waals surface area contributed by atoms with Crippen LogP contribution in [-0.2, 0) is 22.5 Å². The topological polar surface area (TPSA) is 63.5 Å². The quantitative estimate of drug-likeness (QED) is 0.656. The maximum atomic E-state index is 11.3. The second-order valence-corrected chi connectivity index (χ2v) is 3.67. The highest BCUT2D eigenvalue weighted by Gasteiger charge is 2.02. The molecule has 0 atom stereocenters. The van der Waals surface area contributed by atoms with E-state index in [4.69, 9.17) is 9.15 Å². The Kier molecular flexibility index (Phi) is 6.35. The molecule has 0 bridgehead atoms. The van der Waals surface area contributed by atoms with Crippen LogP contribution in [0.1, 0.15) is 18.4 Å². The maximum Gasteiger partial charge on any atom is 0.234 e. The zero-order valence-electron chi connectivity index (χ0n) is 10.4. The van der Waals surface area contributed by atoms with Gasteiger partial charge in [-0.05, 0) is 12.1 Å². The zero-order valence-corrected chi connectivity index (χ0v) is 10.4. The molecule has 5 heteroatoms. The SMILES string of the molecule is CCc1ccc(CNCC(=O)NCCOC)o1. The highest BCUT2D eigenvalue weighted by molar-refractivity contribution is 5.77. The van der Waals surface area contributed by atoms with Gasteiger partial charge in [0, 0.05) is 20.1 Å². The Balaban J connectivity index is 2.12. The van der Waals surface area contributed by atoms with Gasteiger partial charge in [-0.3, -0.25) is 4.79 Å². The summed E-state index contributed by atoms with van der Waals surface area (Å²) in [4.78, 5) is 11.3. The first-order valence-corrected chi connectivity index (χ1v) is 5.80. The predicted molar refractivity (Wildman–Crippen MR) is 64.7 cm³/mol. The largest absolute Gasteiger partial charge is 0.465 e. The van der Waals surface area contributed by atoms with Crippen molar-refractivity contribution >= 4 is 5.91 Å². The van der Waals surface area contributed by atoms with E-state index in [9.17, 15) is 4.79 Å². The molecule has 1 aromatic heterocycles. The zero-order chi connectivity index (χ0) is 12.5. The Morgan fingerprint density at radius 1 is 1.41 bits per heavy atom. The lowest BCUT2D eigenvalue weighted by Crippen LogP contribution is -2.35. The van der Waals surface area contributed by atoms with Crippen LogP contribution in [-0.4, -0.2) is 32.7 Å². The number of hydrogen-bond donors (Lipinski definition) is 2. The van der Waals surface area contributed by atoms with Gasteiger partial charge in [-0.1, -0.05) is 6.92 Å². The summed E-state index contributed by atoms with van der Waals surface area (Å²) in [6, 6.07) is 3.88. The van der Waals surface area contributed by atoms with Gasteiger partial charge >= 0.3 is 0 Å². The van der Waals surface area contributed by atoms with Gasteiger partial charge in [0.05, 0.1) is 19.7 Å². The van der Waals surface area contributed by atoms with Gasteiger partial charge in [-0.25, -0.2) is 0 Å². The number of methoxy groups -OCH3 is 1.